The van der Waals surface area contributed by atoms with Crippen LogP contribution in [0.5, 0.6) is 0 Å². The van der Waals surface area contributed by atoms with Crippen molar-refractivity contribution in [3.63, 3.8) is 0 Å². The third-order valence-electron chi connectivity index (χ3n) is 3.57. The first-order valence-corrected chi connectivity index (χ1v) is 6.94. The molecule has 19 heavy (non-hydrogen) atoms. The minimum Gasteiger partial charge on any atom is -0.373 e. The molecule has 2 aromatic heterocycles. The van der Waals surface area contributed by atoms with Gasteiger partial charge in [-0.15, -0.1) is 11.6 Å². The summed E-state index contributed by atoms with van der Waals surface area (Å²) in [6.07, 6.45) is 3.70. The summed E-state index contributed by atoms with van der Waals surface area (Å²) in [6.45, 7) is 3.56. The predicted octanol–water partition coefficient (Wildman–Crippen LogP) is 1.80. The molecule has 0 aliphatic carbocycles. The van der Waals surface area contributed by atoms with Gasteiger partial charge in [0.05, 0.1) is 36.5 Å². The summed E-state index contributed by atoms with van der Waals surface area (Å²) in [7, 11) is 1.99. The number of aromatic nitrogens is 3. The number of nitrogens with zero attached hydrogens (tertiary/aromatic N) is 4. The average Bonchev–Trinajstić information content (AvgIpc) is 2.81. The number of pyridine rings is 1. The summed E-state index contributed by atoms with van der Waals surface area (Å²) in [5.41, 5.74) is 2.03. The van der Waals surface area contributed by atoms with Gasteiger partial charge in [0.2, 0.25) is 0 Å². The summed E-state index contributed by atoms with van der Waals surface area (Å²) in [4.78, 5) is 11.2. The Bertz CT molecular complexity index is 585. The second-order valence-corrected chi connectivity index (χ2v) is 5.28. The first-order chi connectivity index (χ1) is 9.20. The Hall–Kier alpha value is -1.33. The highest BCUT2D eigenvalue weighted by molar-refractivity contribution is 6.18. The van der Waals surface area contributed by atoms with Crippen LogP contribution in [-0.4, -0.2) is 45.7 Å². The van der Waals surface area contributed by atoms with E-state index in [1.54, 1.807) is 0 Å². The number of morpholine rings is 1. The minimum atomic E-state index is 0.0543. The van der Waals surface area contributed by atoms with Gasteiger partial charge in [0.15, 0.2) is 5.82 Å². The molecule has 2 atom stereocenters. The standard InChI is InChI=1S/C13H17ClN4O/c1-9-7-19-10(5-14)6-18(9)13-12-11(3-4-15-13)17(2)8-16-12/h3-4,8-10H,5-7H2,1-2H3. The molecule has 0 bridgehead atoms. The molecular weight excluding hydrogens is 264 g/mol. The van der Waals surface area contributed by atoms with Crippen LogP contribution in [-0.2, 0) is 11.8 Å². The molecule has 1 aliphatic heterocycles. The van der Waals surface area contributed by atoms with E-state index in [-0.39, 0.29) is 12.1 Å². The van der Waals surface area contributed by atoms with Crippen molar-refractivity contribution in [3.8, 4) is 0 Å². The fraction of sp³-hybridized carbons (Fsp3) is 0.538. The van der Waals surface area contributed by atoms with Crippen molar-refractivity contribution in [2.45, 2.75) is 19.1 Å². The number of hydrogen-bond donors (Lipinski definition) is 0. The van der Waals surface area contributed by atoms with E-state index in [4.69, 9.17) is 16.3 Å². The van der Waals surface area contributed by atoms with Gasteiger partial charge in [-0.25, -0.2) is 9.97 Å². The lowest BCUT2D eigenvalue weighted by Crippen LogP contribution is -2.49. The van der Waals surface area contributed by atoms with Crippen molar-refractivity contribution in [3.05, 3.63) is 18.6 Å². The Morgan fingerprint density at radius 3 is 3.11 bits per heavy atom. The van der Waals surface area contributed by atoms with Crippen molar-refractivity contribution < 1.29 is 4.74 Å². The fourth-order valence-corrected chi connectivity index (χ4v) is 2.65. The summed E-state index contributed by atoms with van der Waals surface area (Å²) in [5, 5.41) is 0. The molecule has 5 nitrogen and oxygen atoms in total. The van der Waals surface area contributed by atoms with Crippen LogP contribution in [0.4, 0.5) is 5.82 Å². The molecule has 3 rings (SSSR count). The molecule has 0 aromatic carbocycles. The zero-order chi connectivity index (χ0) is 13.4. The third kappa shape index (κ3) is 2.17. The highest BCUT2D eigenvalue weighted by atomic mass is 35.5. The van der Waals surface area contributed by atoms with E-state index in [0.717, 1.165) is 23.4 Å². The number of alkyl halides is 1. The second-order valence-electron chi connectivity index (χ2n) is 4.97. The number of fused-ring (bicyclic) bond motifs is 1. The Morgan fingerprint density at radius 2 is 2.32 bits per heavy atom. The maximum absolute atomic E-state index is 5.91. The van der Waals surface area contributed by atoms with Gasteiger partial charge in [-0.3, -0.25) is 0 Å². The van der Waals surface area contributed by atoms with Gasteiger partial charge in [0.1, 0.15) is 5.52 Å². The first-order valence-electron chi connectivity index (χ1n) is 6.41. The number of halogens is 1. The quantitative estimate of drug-likeness (QED) is 0.787. The van der Waals surface area contributed by atoms with Crippen molar-refractivity contribution in [2.75, 3.05) is 23.9 Å². The van der Waals surface area contributed by atoms with Gasteiger partial charge in [-0.1, -0.05) is 0 Å². The number of rotatable bonds is 2. The zero-order valence-corrected chi connectivity index (χ0v) is 11.8. The largest absolute Gasteiger partial charge is 0.373 e. The maximum Gasteiger partial charge on any atom is 0.157 e. The number of aryl methyl sites for hydroxylation is 1. The average molecular weight is 281 g/mol. The lowest BCUT2D eigenvalue weighted by molar-refractivity contribution is 0.0362. The van der Waals surface area contributed by atoms with E-state index in [2.05, 4.69) is 21.8 Å². The van der Waals surface area contributed by atoms with Crippen LogP contribution in [0, 0.1) is 0 Å². The monoisotopic (exact) mass is 280 g/mol. The predicted molar refractivity (Wildman–Crippen MR) is 75.8 cm³/mol. The van der Waals surface area contributed by atoms with Gasteiger partial charge in [-0.2, -0.15) is 0 Å². The Kier molecular flexibility index (Phi) is 3.33. The minimum absolute atomic E-state index is 0.0543. The first kappa shape index (κ1) is 12.7. The maximum atomic E-state index is 5.91. The highest BCUT2D eigenvalue weighted by Crippen LogP contribution is 2.26. The molecule has 6 heteroatoms. The fourth-order valence-electron chi connectivity index (χ4n) is 2.46. The second kappa shape index (κ2) is 4.98. The zero-order valence-electron chi connectivity index (χ0n) is 11.1. The summed E-state index contributed by atoms with van der Waals surface area (Å²) in [6, 6.07) is 2.26. The van der Waals surface area contributed by atoms with Crippen LogP contribution < -0.4 is 4.90 Å². The van der Waals surface area contributed by atoms with Crippen LogP contribution >= 0.6 is 11.6 Å². The molecule has 2 unspecified atom stereocenters. The van der Waals surface area contributed by atoms with E-state index in [9.17, 15) is 0 Å². The third-order valence-corrected chi connectivity index (χ3v) is 3.92. The SMILES string of the molecule is CC1COC(CCl)CN1c1nccc2c1ncn2C. The molecule has 102 valence electrons. The molecule has 0 amide bonds. The van der Waals surface area contributed by atoms with Gasteiger partial charge >= 0.3 is 0 Å². The van der Waals surface area contributed by atoms with E-state index in [0.29, 0.717) is 12.5 Å². The highest BCUT2D eigenvalue weighted by Gasteiger charge is 2.28. The summed E-state index contributed by atoms with van der Waals surface area (Å²) < 4.78 is 7.69. The topological polar surface area (TPSA) is 43.2 Å². The molecule has 0 radical (unpaired) electrons. The summed E-state index contributed by atoms with van der Waals surface area (Å²) >= 11 is 5.91. The molecule has 0 N–H and O–H groups in total. The normalized spacial score (nSPS) is 24.1. The number of anilines is 1. The van der Waals surface area contributed by atoms with Gasteiger partial charge < -0.3 is 14.2 Å². The summed E-state index contributed by atoms with van der Waals surface area (Å²) in [5.74, 6) is 1.42. The number of ether oxygens (including phenoxy) is 1. The van der Waals surface area contributed by atoms with Gasteiger partial charge in [0.25, 0.3) is 0 Å². The van der Waals surface area contributed by atoms with Crippen molar-refractivity contribution in [2.24, 2.45) is 7.05 Å². The number of imidazole rings is 1. The van der Waals surface area contributed by atoms with Gasteiger partial charge in [0, 0.05) is 19.8 Å². The van der Waals surface area contributed by atoms with Gasteiger partial charge in [-0.05, 0) is 13.0 Å². The Morgan fingerprint density at radius 1 is 1.47 bits per heavy atom. The lowest BCUT2D eigenvalue weighted by Gasteiger charge is -2.38. The van der Waals surface area contributed by atoms with E-state index >= 15 is 0 Å². The lowest BCUT2D eigenvalue weighted by atomic mass is 10.2. The van der Waals surface area contributed by atoms with Crippen molar-refractivity contribution in [1.29, 1.82) is 0 Å². The molecule has 0 saturated carbocycles. The van der Waals surface area contributed by atoms with Crippen molar-refractivity contribution >= 4 is 28.5 Å². The van der Waals surface area contributed by atoms with Crippen molar-refractivity contribution in [1.82, 2.24) is 14.5 Å². The Balaban J connectivity index is 2.02. The van der Waals surface area contributed by atoms with E-state index in [1.165, 1.54) is 0 Å². The molecule has 1 saturated heterocycles. The molecule has 2 aromatic rings. The van der Waals surface area contributed by atoms with Crippen LogP contribution in [0.2, 0.25) is 0 Å². The molecular formula is C13H17ClN4O. The molecule has 0 spiro atoms. The van der Waals surface area contributed by atoms with Crippen LogP contribution in [0.1, 0.15) is 6.92 Å². The molecule has 1 fully saturated rings. The van der Waals surface area contributed by atoms with E-state index in [1.807, 2.05) is 30.2 Å². The van der Waals surface area contributed by atoms with E-state index < -0.39 is 0 Å². The van der Waals surface area contributed by atoms with Crippen LogP contribution in [0.15, 0.2) is 18.6 Å². The Labute approximate surface area is 117 Å². The van der Waals surface area contributed by atoms with Crippen LogP contribution in [0.3, 0.4) is 0 Å². The molecule has 1 aliphatic rings. The van der Waals surface area contributed by atoms with Crippen LogP contribution in [0.25, 0.3) is 11.0 Å². The smallest absolute Gasteiger partial charge is 0.157 e. The number of hydrogen-bond acceptors (Lipinski definition) is 4. The molecule has 3 heterocycles.